The standard InChI is InChI=1S/C23H28N4O/c1-15-3-5-16(6-4-15)19-14-27(21-17-8-11-26(12-9-17)22(19)21)23(28)18-7-10-25-20(13-18)24-2/h3-7,10,13,17,19,21-22H,8-9,11-12,14H2,1-2H3,(H,24,25)/t19-,21+,22+/m0/s1. The number of anilines is 1. The molecule has 146 valence electrons. The molecule has 4 aliphatic rings. The molecule has 2 aromatic rings. The van der Waals surface area contributed by atoms with Crippen molar-refractivity contribution in [3.63, 3.8) is 0 Å². The van der Waals surface area contributed by atoms with Gasteiger partial charge in [-0.05, 0) is 56.5 Å². The van der Waals surface area contributed by atoms with Crippen molar-refractivity contribution in [2.75, 3.05) is 32.0 Å². The third-order valence-electron chi connectivity index (χ3n) is 7.02. The molecule has 1 amide bonds. The van der Waals surface area contributed by atoms with E-state index in [4.69, 9.17) is 0 Å². The van der Waals surface area contributed by atoms with Gasteiger partial charge in [-0.3, -0.25) is 9.69 Å². The summed E-state index contributed by atoms with van der Waals surface area (Å²) < 4.78 is 0. The van der Waals surface area contributed by atoms with Crippen LogP contribution in [-0.4, -0.2) is 59.5 Å². The summed E-state index contributed by atoms with van der Waals surface area (Å²) in [6, 6.07) is 13.4. The van der Waals surface area contributed by atoms with Crippen LogP contribution in [0.1, 0.15) is 40.2 Å². The SMILES string of the molecule is CNc1cc(C(=O)N2C[C@@H](c3ccc(C)cc3)[C@@H]3[C@H]2C2CCN3CC2)ccn1. The number of pyridine rings is 1. The van der Waals surface area contributed by atoms with Gasteiger partial charge in [0.1, 0.15) is 5.82 Å². The lowest BCUT2D eigenvalue weighted by Gasteiger charge is -2.51. The lowest BCUT2D eigenvalue weighted by molar-refractivity contribution is -0.00340. The third kappa shape index (κ3) is 2.80. The normalized spacial score (nSPS) is 30.9. The molecule has 28 heavy (non-hydrogen) atoms. The van der Waals surface area contributed by atoms with Crippen LogP contribution in [0.25, 0.3) is 0 Å². The van der Waals surface area contributed by atoms with Gasteiger partial charge in [-0.1, -0.05) is 29.8 Å². The summed E-state index contributed by atoms with van der Waals surface area (Å²) in [5, 5.41) is 3.05. The molecule has 1 aromatic carbocycles. The molecule has 4 fully saturated rings. The van der Waals surface area contributed by atoms with Crippen molar-refractivity contribution in [3.05, 3.63) is 59.3 Å². The van der Waals surface area contributed by atoms with Gasteiger partial charge in [-0.15, -0.1) is 0 Å². The molecular formula is C23H28N4O. The lowest BCUT2D eigenvalue weighted by atomic mass is 9.75. The zero-order valence-corrected chi connectivity index (χ0v) is 16.6. The highest BCUT2D eigenvalue weighted by Gasteiger charge is 2.54. The molecule has 1 N–H and O–H groups in total. The van der Waals surface area contributed by atoms with Gasteiger partial charge in [0.15, 0.2) is 0 Å². The zero-order valence-electron chi connectivity index (χ0n) is 16.6. The average molecular weight is 377 g/mol. The van der Waals surface area contributed by atoms with Gasteiger partial charge in [0.05, 0.1) is 6.04 Å². The van der Waals surface area contributed by atoms with Crippen LogP contribution in [0.5, 0.6) is 0 Å². The second-order valence-corrected chi connectivity index (χ2v) is 8.51. The number of nitrogens with one attached hydrogen (secondary N) is 1. The molecule has 0 spiro atoms. The summed E-state index contributed by atoms with van der Waals surface area (Å²) in [5.74, 6) is 1.91. The maximum Gasteiger partial charge on any atom is 0.254 e. The van der Waals surface area contributed by atoms with Gasteiger partial charge in [0, 0.05) is 37.3 Å². The first kappa shape index (κ1) is 17.7. The minimum atomic E-state index is 0.150. The molecule has 0 unspecified atom stereocenters. The van der Waals surface area contributed by atoms with E-state index >= 15 is 0 Å². The Labute approximate surface area is 166 Å². The van der Waals surface area contributed by atoms with Crippen molar-refractivity contribution in [3.8, 4) is 0 Å². The number of hydrogen-bond donors (Lipinski definition) is 1. The Morgan fingerprint density at radius 1 is 1.11 bits per heavy atom. The molecule has 2 bridgehead atoms. The number of amides is 1. The number of likely N-dealkylation sites (tertiary alicyclic amines) is 1. The van der Waals surface area contributed by atoms with Crippen LogP contribution < -0.4 is 5.32 Å². The van der Waals surface area contributed by atoms with Gasteiger partial charge < -0.3 is 10.2 Å². The summed E-state index contributed by atoms with van der Waals surface area (Å²) in [4.78, 5) is 22.6. The van der Waals surface area contributed by atoms with E-state index in [-0.39, 0.29) is 5.91 Å². The molecule has 0 aliphatic carbocycles. The molecule has 5 heterocycles. The molecule has 0 radical (unpaired) electrons. The second kappa shape index (κ2) is 6.89. The molecule has 4 aliphatic heterocycles. The number of nitrogens with zero attached hydrogens (tertiary/aromatic N) is 3. The second-order valence-electron chi connectivity index (χ2n) is 8.51. The largest absolute Gasteiger partial charge is 0.373 e. The number of aryl methyl sites for hydroxylation is 1. The summed E-state index contributed by atoms with van der Waals surface area (Å²) in [6.45, 7) is 5.29. The molecule has 1 aromatic heterocycles. The molecule has 3 atom stereocenters. The zero-order chi connectivity index (χ0) is 19.3. The van der Waals surface area contributed by atoms with E-state index in [0.29, 0.717) is 23.9 Å². The molecule has 0 saturated carbocycles. The Hall–Kier alpha value is -2.40. The van der Waals surface area contributed by atoms with Crippen LogP contribution >= 0.6 is 0 Å². The summed E-state index contributed by atoms with van der Waals surface area (Å²) in [5.41, 5.74) is 3.39. The van der Waals surface area contributed by atoms with Crippen molar-refractivity contribution in [1.29, 1.82) is 0 Å². The van der Waals surface area contributed by atoms with Crippen LogP contribution in [-0.2, 0) is 0 Å². The molecular weight excluding hydrogens is 348 g/mol. The summed E-state index contributed by atoms with van der Waals surface area (Å²) in [6.07, 6.45) is 4.15. The number of aromatic nitrogens is 1. The third-order valence-corrected chi connectivity index (χ3v) is 7.02. The van der Waals surface area contributed by atoms with E-state index in [0.717, 1.165) is 17.9 Å². The van der Waals surface area contributed by atoms with Crippen molar-refractivity contribution in [2.45, 2.75) is 37.8 Å². The van der Waals surface area contributed by atoms with E-state index in [1.165, 1.54) is 37.1 Å². The number of rotatable bonds is 3. The predicted molar refractivity (Wildman–Crippen MR) is 111 cm³/mol. The van der Waals surface area contributed by atoms with Crippen LogP contribution in [0.2, 0.25) is 0 Å². The van der Waals surface area contributed by atoms with Crippen LogP contribution in [0.4, 0.5) is 5.82 Å². The maximum absolute atomic E-state index is 13.5. The first-order valence-electron chi connectivity index (χ1n) is 10.4. The van der Waals surface area contributed by atoms with Crippen LogP contribution in [0.15, 0.2) is 42.6 Å². The van der Waals surface area contributed by atoms with Gasteiger partial charge in [-0.25, -0.2) is 4.98 Å². The fraction of sp³-hybridized carbons (Fsp3) is 0.478. The topological polar surface area (TPSA) is 48.5 Å². The predicted octanol–water partition coefficient (Wildman–Crippen LogP) is 3.13. The Kier molecular flexibility index (Phi) is 4.35. The average Bonchev–Trinajstić information content (AvgIpc) is 3.17. The molecule has 6 rings (SSSR count). The fourth-order valence-corrected chi connectivity index (χ4v) is 5.63. The number of piperidine rings is 3. The van der Waals surface area contributed by atoms with Gasteiger partial charge in [0.25, 0.3) is 5.91 Å². The van der Waals surface area contributed by atoms with Crippen molar-refractivity contribution in [2.24, 2.45) is 5.92 Å². The van der Waals surface area contributed by atoms with Crippen molar-refractivity contribution in [1.82, 2.24) is 14.8 Å². The van der Waals surface area contributed by atoms with Crippen LogP contribution in [0, 0.1) is 12.8 Å². The summed E-state index contributed by atoms with van der Waals surface area (Å²) >= 11 is 0. The highest BCUT2D eigenvalue weighted by molar-refractivity contribution is 5.95. The van der Waals surface area contributed by atoms with E-state index in [1.807, 2.05) is 19.2 Å². The van der Waals surface area contributed by atoms with Crippen LogP contribution in [0.3, 0.4) is 0 Å². The van der Waals surface area contributed by atoms with E-state index in [2.05, 4.69) is 51.3 Å². The first-order chi connectivity index (χ1) is 13.7. The number of hydrogen-bond acceptors (Lipinski definition) is 4. The number of carbonyl (C=O) groups excluding carboxylic acids is 1. The van der Waals surface area contributed by atoms with Gasteiger partial charge >= 0.3 is 0 Å². The monoisotopic (exact) mass is 376 g/mol. The molecule has 5 heteroatoms. The quantitative estimate of drug-likeness (QED) is 0.894. The minimum Gasteiger partial charge on any atom is -0.373 e. The Bertz CT molecular complexity index is 872. The smallest absolute Gasteiger partial charge is 0.254 e. The maximum atomic E-state index is 13.5. The number of carbonyl (C=O) groups is 1. The fourth-order valence-electron chi connectivity index (χ4n) is 5.63. The van der Waals surface area contributed by atoms with E-state index in [9.17, 15) is 4.79 Å². The Balaban J connectivity index is 1.51. The number of fused-ring (bicyclic) bond motifs is 2. The number of benzene rings is 1. The Morgan fingerprint density at radius 3 is 2.57 bits per heavy atom. The van der Waals surface area contributed by atoms with Crippen molar-refractivity contribution < 1.29 is 4.79 Å². The minimum absolute atomic E-state index is 0.150. The van der Waals surface area contributed by atoms with E-state index in [1.54, 1.807) is 6.20 Å². The van der Waals surface area contributed by atoms with Crippen molar-refractivity contribution >= 4 is 11.7 Å². The van der Waals surface area contributed by atoms with E-state index < -0.39 is 0 Å². The Morgan fingerprint density at radius 2 is 1.86 bits per heavy atom. The first-order valence-corrected chi connectivity index (χ1v) is 10.4. The highest BCUT2D eigenvalue weighted by Crippen LogP contribution is 2.47. The van der Waals surface area contributed by atoms with Gasteiger partial charge in [0.2, 0.25) is 0 Å². The highest BCUT2D eigenvalue weighted by atomic mass is 16.2. The van der Waals surface area contributed by atoms with Gasteiger partial charge in [-0.2, -0.15) is 0 Å². The summed E-state index contributed by atoms with van der Waals surface area (Å²) in [7, 11) is 1.84. The molecule has 4 saturated heterocycles. The molecule has 5 nitrogen and oxygen atoms in total. The lowest BCUT2D eigenvalue weighted by Crippen LogP contribution is -2.60.